The number of nitrogens with zero attached hydrogens (tertiary/aromatic N) is 6. The Morgan fingerprint density at radius 1 is 0.750 bits per heavy atom. The molecule has 4 fully saturated rings. The molecule has 0 aromatic heterocycles. The van der Waals surface area contributed by atoms with Crippen LogP contribution in [0.15, 0.2) is 84.9 Å². The number of hydrogen-bond donors (Lipinski definition) is 3. The number of ether oxygens (including phenoxy) is 2. The van der Waals surface area contributed by atoms with Crippen molar-refractivity contribution in [2.24, 2.45) is 5.92 Å². The summed E-state index contributed by atoms with van der Waals surface area (Å²) in [7, 11) is 0. The molecule has 0 saturated carbocycles. The SMILES string of the molecule is C[C@H](c1cccc2ccccc12)N1CCC(C(=O)NCc2cc(F)cc(NC(=O)N3CCN(CCOCCOCCC(=O)N4CCN(c5ccc(N6CCC(=O)NC6=O)cc5)CC4)CC3)c2)CC1. The Balaban J connectivity index is 0.652. The number of benzene rings is 4. The van der Waals surface area contributed by atoms with Crippen LogP contribution in [0, 0.1) is 11.7 Å². The van der Waals surface area contributed by atoms with Gasteiger partial charge in [0.25, 0.3) is 0 Å². The Morgan fingerprint density at radius 2 is 1.44 bits per heavy atom. The summed E-state index contributed by atoms with van der Waals surface area (Å²) in [4.78, 5) is 74.9. The van der Waals surface area contributed by atoms with Crippen molar-refractivity contribution in [2.75, 3.05) is 120 Å². The topological polar surface area (TPSA) is 159 Å². The van der Waals surface area contributed by atoms with Crippen molar-refractivity contribution in [1.82, 2.24) is 30.2 Å². The summed E-state index contributed by atoms with van der Waals surface area (Å²) in [5.41, 5.74) is 3.99. The van der Waals surface area contributed by atoms with Gasteiger partial charge in [0.2, 0.25) is 17.7 Å². The number of carbonyl (C=O) groups excluding carboxylic acids is 5. The second-order valence-corrected chi connectivity index (χ2v) is 18.0. The Hall–Kier alpha value is -6.14. The van der Waals surface area contributed by atoms with E-state index in [1.54, 1.807) is 15.9 Å². The number of amides is 7. The molecule has 362 valence electrons. The number of nitrogens with one attached hydrogen (secondary N) is 3. The molecule has 0 bridgehead atoms. The lowest BCUT2D eigenvalue weighted by atomic mass is 9.92. The number of piperazine rings is 2. The van der Waals surface area contributed by atoms with Gasteiger partial charge in [-0.3, -0.25) is 34.4 Å². The van der Waals surface area contributed by atoms with Gasteiger partial charge in [-0.25, -0.2) is 14.0 Å². The second kappa shape index (κ2) is 23.2. The Labute approximate surface area is 397 Å². The van der Waals surface area contributed by atoms with Gasteiger partial charge in [-0.05, 0) is 97.2 Å². The van der Waals surface area contributed by atoms with Gasteiger partial charge in [0, 0.05) is 107 Å². The highest BCUT2D eigenvalue weighted by Gasteiger charge is 2.29. The fourth-order valence-corrected chi connectivity index (χ4v) is 9.60. The summed E-state index contributed by atoms with van der Waals surface area (Å²) in [5, 5.41) is 10.7. The van der Waals surface area contributed by atoms with Gasteiger partial charge in [0.1, 0.15) is 5.82 Å². The normalized spacial score (nSPS) is 18.1. The highest BCUT2D eigenvalue weighted by atomic mass is 19.1. The van der Waals surface area contributed by atoms with Crippen LogP contribution in [-0.4, -0.2) is 154 Å². The fourth-order valence-electron chi connectivity index (χ4n) is 9.60. The monoisotopic (exact) mass is 933 g/mol. The molecule has 68 heavy (non-hydrogen) atoms. The summed E-state index contributed by atoms with van der Waals surface area (Å²) < 4.78 is 26.2. The minimum atomic E-state index is -0.480. The average molecular weight is 934 g/mol. The van der Waals surface area contributed by atoms with Crippen molar-refractivity contribution in [2.45, 2.75) is 45.2 Å². The molecule has 0 unspecified atom stereocenters. The molecular weight excluding hydrogens is 870 g/mol. The largest absolute Gasteiger partial charge is 0.379 e. The summed E-state index contributed by atoms with van der Waals surface area (Å²) in [6, 6.07) is 26.5. The molecule has 17 heteroatoms. The molecule has 4 saturated heterocycles. The average Bonchev–Trinajstić information content (AvgIpc) is 3.36. The summed E-state index contributed by atoms with van der Waals surface area (Å²) >= 11 is 0. The molecule has 4 aromatic rings. The lowest BCUT2D eigenvalue weighted by Crippen LogP contribution is -2.50. The maximum Gasteiger partial charge on any atom is 0.328 e. The van der Waals surface area contributed by atoms with E-state index in [0.29, 0.717) is 110 Å². The zero-order chi connectivity index (χ0) is 47.4. The number of fused-ring (bicyclic) bond motifs is 1. The van der Waals surface area contributed by atoms with E-state index in [2.05, 4.69) is 80.0 Å². The maximum atomic E-state index is 14.7. The van der Waals surface area contributed by atoms with E-state index in [-0.39, 0.29) is 48.7 Å². The predicted molar refractivity (Wildman–Crippen MR) is 259 cm³/mol. The van der Waals surface area contributed by atoms with E-state index in [1.165, 1.54) is 28.5 Å². The van der Waals surface area contributed by atoms with Crippen LogP contribution in [0.25, 0.3) is 10.8 Å². The minimum absolute atomic E-state index is 0.0316. The molecule has 4 aliphatic rings. The van der Waals surface area contributed by atoms with Gasteiger partial charge in [-0.2, -0.15) is 0 Å². The number of rotatable bonds is 17. The lowest BCUT2D eigenvalue weighted by Gasteiger charge is -2.36. The van der Waals surface area contributed by atoms with Crippen molar-refractivity contribution >= 4 is 57.6 Å². The van der Waals surface area contributed by atoms with Crippen LogP contribution in [0.4, 0.5) is 31.0 Å². The number of imide groups is 1. The lowest BCUT2D eigenvalue weighted by molar-refractivity contribution is -0.132. The Bertz CT molecular complexity index is 2380. The maximum absolute atomic E-state index is 14.7. The van der Waals surface area contributed by atoms with E-state index in [1.807, 2.05) is 29.2 Å². The smallest absolute Gasteiger partial charge is 0.328 e. The number of halogens is 1. The summed E-state index contributed by atoms with van der Waals surface area (Å²) in [6.45, 7) is 11.8. The summed E-state index contributed by atoms with van der Waals surface area (Å²) in [6.07, 6.45) is 2.09. The first-order valence-corrected chi connectivity index (χ1v) is 24.0. The van der Waals surface area contributed by atoms with Crippen molar-refractivity contribution in [3.8, 4) is 0 Å². The van der Waals surface area contributed by atoms with Crippen molar-refractivity contribution in [1.29, 1.82) is 0 Å². The first-order valence-electron chi connectivity index (χ1n) is 24.0. The molecular formula is C51H64FN9O7. The third kappa shape index (κ3) is 12.7. The Kier molecular flexibility index (Phi) is 16.5. The van der Waals surface area contributed by atoms with Crippen molar-refractivity contribution in [3.63, 3.8) is 0 Å². The molecule has 0 aliphatic carbocycles. The van der Waals surface area contributed by atoms with Crippen LogP contribution in [0.3, 0.4) is 0 Å². The number of urea groups is 2. The molecule has 0 spiro atoms. The quantitative estimate of drug-likeness (QED) is 0.117. The number of likely N-dealkylation sites (tertiary alicyclic amines) is 1. The molecule has 1 atom stereocenters. The van der Waals surface area contributed by atoms with Gasteiger partial charge in [-0.1, -0.05) is 42.5 Å². The predicted octanol–water partition coefficient (Wildman–Crippen LogP) is 5.44. The van der Waals surface area contributed by atoms with Crippen LogP contribution >= 0.6 is 0 Å². The van der Waals surface area contributed by atoms with E-state index in [4.69, 9.17) is 9.47 Å². The van der Waals surface area contributed by atoms with E-state index in [9.17, 15) is 28.4 Å². The standard InChI is InChI=1S/C51H64FN9O7/c1-37(45-8-4-6-39-5-2-3-7-46(39)45)57-17-13-40(14-18-57)49(64)53-36-38-33-41(52)35-42(34-38)54-50(65)60-22-20-56(21-23-60)28-30-68-32-31-67-29-16-48(63)59-26-24-58(25-27-59)43-9-11-44(12-10-43)61-19-15-47(62)55-51(61)66/h2-12,33-35,37,40H,13-32,36H2,1H3,(H,53,64)(H,54,65)(H,55,62,66)/t37-/m1/s1. The van der Waals surface area contributed by atoms with Crippen LogP contribution < -0.4 is 25.8 Å². The second-order valence-electron chi connectivity index (χ2n) is 18.0. The number of carbonyl (C=O) groups is 5. The minimum Gasteiger partial charge on any atom is -0.379 e. The van der Waals surface area contributed by atoms with Crippen LogP contribution in [0.1, 0.15) is 49.8 Å². The van der Waals surface area contributed by atoms with Gasteiger partial charge < -0.3 is 34.8 Å². The number of piperidine rings is 1. The number of hydrogen-bond acceptors (Lipinski definition) is 10. The molecule has 0 radical (unpaired) electrons. The van der Waals surface area contributed by atoms with Gasteiger partial charge in [0.05, 0.1) is 32.8 Å². The molecule has 7 amide bonds. The molecule has 4 heterocycles. The molecule has 16 nitrogen and oxygen atoms in total. The zero-order valence-corrected chi connectivity index (χ0v) is 39.0. The van der Waals surface area contributed by atoms with Gasteiger partial charge in [-0.15, -0.1) is 0 Å². The third-order valence-electron chi connectivity index (χ3n) is 13.7. The van der Waals surface area contributed by atoms with Gasteiger partial charge in [0.15, 0.2) is 0 Å². The van der Waals surface area contributed by atoms with Crippen LogP contribution in [-0.2, 0) is 30.4 Å². The van der Waals surface area contributed by atoms with Crippen LogP contribution in [0.2, 0.25) is 0 Å². The van der Waals surface area contributed by atoms with E-state index < -0.39 is 11.8 Å². The molecule has 4 aromatic carbocycles. The highest BCUT2D eigenvalue weighted by molar-refractivity contribution is 6.05. The molecule has 8 rings (SSSR count). The number of anilines is 3. The van der Waals surface area contributed by atoms with Crippen molar-refractivity contribution < 1.29 is 37.8 Å². The third-order valence-corrected chi connectivity index (χ3v) is 13.7. The fraction of sp³-hybridized carbons (Fsp3) is 0.471. The first-order chi connectivity index (χ1) is 33.1. The van der Waals surface area contributed by atoms with Crippen molar-refractivity contribution in [3.05, 3.63) is 102 Å². The zero-order valence-electron chi connectivity index (χ0n) is 39.0. The molecule has 3 N–H and O–H groups in total. The van der Waals surface area contributed by atoms with E-state index in [0.717, 1.165) is 37.3 Å². The van der Waals surface area contributed by atoms with E-state index >= 15 is 0 Å². The Morgan fingerprint density at radius 3 is 2.19 bits per heavy atom. The van der Waals surface area contributed by atoms with Crippen LogP contribution in [0.5, 0.6) is 0 Å². The van der Waals surface area contributed by atoms with Gasteiger partial charge >= 0.3 is 12.1 Å². The molecule has 4 aliphatic heterocycles. The first kappa shape index (κ1) is 48.3. The highest BCUT2D eigenvalue weighted by Crippen LogP contribution is 2.31. The summed E-state index contributed by atoms with van der Waals surface area (Å²) in [5.74, 6) is -0.820.